The normalized spacial score (nSPS) is 29.6. The molecule has 112 valence electrons. The van der Waals surface area contributed by atoms with Crippen molar-refractivity contribution in [1.82, 2.24) is 9.80 Å². The van der Waals surface area contributed by atoms with E-state index in [0.29, 0.717) is 5.41 Å². The molecule has 0 unspecified atom stereocenters. The van der Waals surface area contributed by atoms with Crippen molar-refractivity contribution in [2.75, 3.05) is 45.9 Å². The molecule has 2 saturated heterocycles. The van der Waals surface area contributed by atoms with Gasteiger partial charge >= 0.3 is 0 Å². The first-order valence-electron chi connectivity index (χ1n) is 7.84. The van der Waals surface area contributed by atoms with Crippen LogP contribution in [0.4, 0.5) is 0 Å². The van der Waals surface area contributed by atoms with Crippen LogP contribution in [0.5, 0.6) is 0 Å². The van der Waals surface area contributed by atoms with Crippen LogP contribution in [-0.2, 0) is 11.3 Å². The number of hydrogen-bond donors (Lipinski definition) is 0. The minimum Gasteiger partial charge on any atom is -0.379 e. The molecule has 0 aliphatic carbocycles. The Balaban J connectivity index is 1.66. The van der Waals surface area contributed by atoms with Crippen molar-refractivity contribution in [3.63, 3.8) is 0 Å². The van der Waals surface area contributed by atoms with E-state index in [4.69, 9.17) is 4.74 Å². The zero-order valence-corrected chi connectivity index (χ0v) is 13.3. The Hall–Kier alpha value is -0.420. The van der Waals surface area contributed by atoms with Crippen LogP contribution >= 0.6 is 11.3 Å². The molecule has 0 saturated carbocycles. The van der Waals surface area contributed by atoms with Gasteiger partial charge in [0.15, 0.2) is 0 Å². The number of nitrogens with zero attached hydrogens (tertiary/aromatic N) is 2. The summed E-state index contributed by atoms with van der Waals surface area (Å²) in [7, 11) is 0. The molecule has 2 fully saturated rings. The molecule has 3 nitrogen and oxygen atoms in total. The van der Waals surface area contributed by atoms with Crippen molar-refractivity contribution in [3.05, 3.63) is 22.4 Å². The number of ether oxygens (including phenoxy) is 1. The van der Waals surface area contributed by atoms with Gasteiger partial charge in [-0.25, -0.2) is 0 Å². The fourth-order valence-corrected chi connectivity index (χ4v) is 4.41. The third-order valence-corrected chi connectivity index (χ3v) is 5.53. The summed E-state index contributed by atoms with van der Waals surface area (Å²) in [6.07, 6.45) is 2.64. The molecular formula is C16H26N2OS. The van der Waals surface area contributed by atoms with E-state index in [0.717, 1.165) is 32.8 Å². The fourth-order valence-electron chi connectivity index (χ4n) is 3.67. The molecule has 1 atom stereocenters. The van der Waals surface area contributed by atoms with Crippen molar-refractivity contribution in [2.45, 2.75) is 26.3 Å². The van der Waals surface area contributed by atoms with Gasteiger partial charge in [-0.15, -0.1) is 11.3 Å². The van der Waals surface area contributed by atoms with Crippen molar-refractivity contribution in [3.8, 4) is 0 Å². The molecule has 1 aromatic rings. The highest BCUT2D eigenvalue weighted by Gasteiger charge is 2.38. The molecule has 1 spiro atoms. The zero-order valence-electron chi connectivity index (χ0n) is 12.5. The maximum atomic E-state index is 5.94. The van der Waals surface area contributed by atoms with Gasteiger partial charge < -0.3 is 9.64 Å². The van der Waals surface area contributed by atoms with Gasteiger partial charge in [-0.1, -0.05) is 13.0 Å². The van der Waals surface area contributed by atoms with Gasteiger partial charge in [0.2, 0.25) is 0 Å². The van der Waals surface area contributed by atoms with Gasteiger partial charge in [0.1, 0.15) is 0 Å². The van der Waals surface area contributed by atoms with Crippen LogP contribution in [0.25, 0.3) is 0 Å². The van der Waals surface area contributed by atoms with E-state index in [1.54, 1.807) is 0 Å². The van der Waals surface area contributed by atoms with Gasteiger partial charge in [0.05, 0.1) is 13.2 Å². The summed E-state index contributed by atoms with van der Waals surface area (Å²) in [5.41, 5.74) is 0.363. The maximum absolute atomic E-state index is 5.94. The lowest BCUT2D eigenvalue weighted by Gasteiger charge is -2.43. The molecule has 2 aliphatic heterocycles. The van der Waals surface area contributed by atoms with Crippen molar-refractivity contribution >= 4 is 11.3 Å². The molecule has 0 aromatic carbocycles. The highest BCUT2D eigenvalue weighted by molar-refractivity contribution is 7.09. The largest absolute Gasteiger partial charge is 0.379 e. The van der Waals surface area contributed by atoms with Crippen LogP contribution in [-0.4, -0.2) is 55.7 Å². The van der Waals surface area contributed by atoms with Crippen molar-refractivity contribution in [1.29, 1.82) is 0 Å². The van der Waals surface area contributed by atoms with Gasteiger partial charge in [-0.2, -0.15) is 0 Å². The van der Waals surface area contributed by atoms with Crippen LogP contribution in [0, 0.1) is 5.41 Å². The van der Waals surface area contributed by atoms with E-state index >= 15 is 0 Å². The molecule has 2 aliphatic rings. The first-order valence-corrected chi connectivity index (χ1v) is 8.72. The Kier molecular flexibility index (Phi) is 4.76. The van der Waals surface area contributed by atoms with Gasteiger partial charge in [0.25, 0.3) is 0 Å². The average Bonchev–Trinajstić information content (AvgIpc) is 2.88. The summed E-state index contributed by atoms with van der Waals surface area (Å²) in [6.45, 7) is 11.1. The molecule has 0 radical (unpaired) electrons. The quantitative estimate of drug-likeness (QED) is 0.852. The summed E-state index contributed by atoms with van der Waals surface area (Å²) in [5, 5.41) is 2.18. The summed E-state index contributed by atoms with van der Waals surface area (Å²) in [6, 6.07) is 4.42. The molecule has 0 N–H and O–H groups in total. The Bertz CT molecular complexity index is 409. The van der Waals surface area contributed by atoms with Crippen molar-refractivity contribution < 1.29 is 4.74 Å². The number of hydrogen-bond acceptors (Lipinski definition) is 4. The number of likely N-dealkylation sites (tertiary alicyclic amines) is 1. The Labute approximate surface area is 126 Å². The number of rotatable bonds is 3. The monoisotopic (exact) mass is 294 g/mol. The lowest BCUT2D eigenvalue weighted by molar-refractivity contribution is 0.00364. The smallest absolute Gasteiger partial charge is 0.0593 e. The van der Waals surface area contributed by atoms with Crippen LogP contribution in [0.2, 0.25) is 0 Å². The topological polar surface area (TPSA) is 15.7 Å². The predicted octanol–water partition coefficient (Wildman–Crippen LogP) is 2.68. The highest BCUT2D eigenvalue weighted by Crippen LogP contribution is 2.33. The lowest BCUT2D eigenvalue weighted by Crippen LogP contribution is -2.50. The zero-order chi connectivity index (χ0) is 13.8. The van der Waals surface area contributed by atoms with E-state index in [2.05, 4.69) is 34.2 Å². The molecular weight excluding hydrogens is 268 g/mol. The van der Waals surface area contributed by atoms with Crippen LogP contribution < -0.4 is 0 Å². The summed E-state index contributed by atoms with van der Waals surface area (Å²) < 4.78 is 5.94. The average molecular weight is 294 g/mol. The van der Waals surface area contributed by atoms with E-state index in [9.17, 15) is 0 Å². The highest BCUT2D eigenvalue weighted by atomic mass is 32.1. The first-order chi connectivity index (χ1) is 9.80. The minimum atomic E-state index is 0.363. The number of piperidine rings is 1. The number of likely N-dealkylation sites (N-methyl/N-ethyl adjacent to an activating group) is 1. The molecule has 1 aromatic heterocycles. The predicted molar refractivity (Wildman–Crippen MR) is 84.2 cm³/mol. The second kappa shape index (κ2) is 6.56. The second-order valence-corrected chi connectivity index (χ2v) is 7.35. The molecule has 3 rings (SSSR count). The van der Waals surface area contributed by atoms with E-state index in [-0.39, 0.29) is 0 Å². The molecule has 0 amide bonds. The standard InChI is InChI=1S/C16H26N2OS/c1-2-17-8-9-19-14-16(12-17)6-4-7-18(13-16)11-15-5-3-10-20-15/h3,5,10H,2,4,6-9,11-14H2,1H3/t16-/m1/s1. The van der Waals surface area contributed by atoms with E-state index in [1.807, 2.05) is 11.3 Å². The molecule has 20 heavy (non-hydrogen) atoms. The van der Waals surface area contributed by atoms with Gasteiger partial charge in [0, 0.05) is 36.5 Å². The minimum absolute atomic E-state index is 0.363. The molecule has 3 heterocycles. The summed E-state index contributed by atoms with van der Waals surface area (Å²) in [5.74, 6) is 0. The summed E-state index contributed by atoms with van der Waals surface area (Å²) in [4.78, 5) is 6.70. The van der Waals surface area contributed by atoms with Gasteiger partial charge in [-0.05, 0) is 37.4 Å². The fraction of sp³-hybridized carbons (Fsp3) is 0.750. The SMILES string of the molecule is CCN1CCOC[C@]2(CCCN(Cc3cccs3)C2)C1. The third kappa shape index (κ3) is 3.42. The Morgan fingerprint density at radius 2 is 2.20 bits per heavy atom. The third-order valence-electron chi connectivity index (χ3n) is 4.67. The summed E-state index contributed by atoms with van der Waals surface area (Å²) >= 11 is 1.88. The Morgan fingerprint density at radius 1 is 1.30 bits per heavy atom. The van der Waals surface area contributed by atoms with E-state index < -0.39 is 0 Å². The van der Waals surface area contributed by atoms with Crippen molar-refractivity contribution in [2.24, 2.45) is 5.41 Å². The molecule has 0 bridgehead atoms. The first kappa shape index (κ1) is 14.5. The molecule has 4 heteroatoms. The Morgan fingerprint density at radius 3 is 3.00 bits per heavy atom. The second-order valence-electron chi connectivity index (χ2n) is 6.31. The van der Waals surface area contributed by atoms with Crippen LogP contribution in [0.3, 0.4) is 0 Å². The number of thiophene rings is 1. The van der Waals surface area contributed by atoms with E-state index in [1.165, 1.54) is 37.4 Å². The van der Waals surface area contributed by atoms with Gasteiger partial charge in [-0.3, -0.25) is 4.90 Å². The maximum Gasteiger partial charge on any atom is 0.0593 e. The van der Waals surface area contributed by atoms with Crippen LogP contribution in [0.1, 0.15) is 24.6 Å². The van der Waals surface area contributed by atoms with Crippen LogP contribution in [0.15, 0.2) is 17.5 Å². The lowest BCUT2D eigenvalue weighted by atomic mass is 9.80.